The smallest absolute Gasteiger partial charge is 0.315 e. The Labute approximate surface area is 132 Å². The molecule has 22 heavy (non-hydrogen) atoms. The molecule has 2 N–H and O–H groups in total. The van der Waals surface area contributed by atoms with Crippen molar-refractivity contribution in [2.24, 2.45) is 0 Å². The lowest BCUT2D eigenvalue weighted by Gasteiger charge is -2.14. The first-order chi connectivity index (χ1) is 10.7. The molecule has 0 fully saturated rings. The lowest BCUT2D eigenvalue weighted by Crippen LogP contribution is -2.35. The molecule has 1 aromatic carbocycles. The largest absolute Gasteiger partial charge is 0.496 e. The molecule has 6 nitrogen and oxygen atoms in total. The van der Waals surface area contributed by atoms with Crippen molar-refractivity contribution in [1.82, 2.24) is 10.6 Å². The Hall–Kier alpha value is -2.11. The number of ether oxygens (including phenoxy) is 3. The standard InChI is InChI=1S/C16H26N2O4/c1-5-6-7-8-17-16(19)18-11-12-9-14(21-3)15(22-4)10-13(12)20-2/h9-10H,5-8,11H2,1-4H3,(H2,17,18,19). The molecule has 0 aliphatic carbocycles. The van der Waals surface area contributed by atoms with Gasteiger partial charge < -0.3 is 24.8 Å². The van der Waals surface area contributed by atoms with Crippen LogP contribution in [0.3, 0.4) is 0 Å². The minimum absolute atomic E-state index is 0.187. The van der Waals surface area contributed by atoms with Crippen LogP contribution in [0.1, 0.15) is 31.7 Å². The highest BCUT2D eigenvalue weighted by Gasteiger charge is 2.12. The summed E-state index contributed by atoms with van der Waals surface area (Å²) < 4.78 is 15.8. The van der Waals surface area contributed by atoms with Crippen molar-refractivity contribution in [2.45, 2.75) is 32.7 Å². The van der Waals surface area contributed by atoms with E-state index in [0.29, 0.717) is 30.3 Å². The minimum Gasteiger partial charge on any atom is -0.496 e. The molecule has 2 amide bonds. The van der Waals surface area contributed by atoms with Gasteiger partial charge in [0, 0.05) is 24.7 Å². The molecule has 0 aliphatic rings. The Morgan fingerprint density at radius 1 is 0.955 bits per heavy atom. The van der Waals surface area contributed by atoms with E-state index in [9.17, 15) is 4.79 Å². The van der Waals surface area contributed by atoms with Crippen molar-refractivity contribution in [1.29, 1.82) is 0 Å². The lowest BCUT2D eigenvalue weighted by atomic mass is 10.1. The summed E-state index contributed by atoms with van der Waals surface area (Å²) in [5.74, 6) is 1.83. The first-order valence-corrected chi connectivity index (χ1v) is 7.46. The number of urea groups is 1. The van der Waals surface area contributed by atoms with Gasteiger partial charge in [0.15, 0.2) is 11.5 Å². The number of hydrogen-bond acceptors (Lipinski definition) is 4. The van der Waals surface area contributed by atoms with Gasteiger partial charge in [0.05, 0.1) is 21.3 Å². The van der Waals surface area contributed by atoms with Crippen molar-refractivity contribution < 1.29 is 19.0 Å². The van der Waals surface area contributed by atoms with Crippen molar-refractivity contribution in [3.8, 4) is 17.2 Å². The van der Waals surface area contributed by atoms with Crippen LogP contribution in [0.2, 0.25) is 0 Å². The zero-order chi connectivity index (χ0) is 16.4. The zero-order valence-corrected chi connectivity index (χ0v) is 13.8. The van der Waals surface area contributed by atoms with E-state index in [-0.39, 0.29) is 6.03 Å². The molecule has 1 rings (SSSR count). The van der Waals surface area contributed by atoms with Gasteiger partial charge in [0.1, 0.15) is 5.75 Å². The van der Waals surface area contributed by atoms with Crippen LogP contribution < -0.4 is 24.8 Å². The molecule has 0 aliphatic heterocycles. The average Bonchev–Trinajstić information content (AvgIpc) is 2.55. The van der Waals surface area contributed by atoms with E-state index in [4.69, 9.17) is 14.2 Å². The van der Waals surface area contributed by atoms with Crippen LogP contribution in [0, 0.1) is 0 Å². The molecule has 0 atom stereocenters. The Morgan fingerprint density at radius 3 is 2.18 bits per heavy atom. The summed E-state index contributed by atoms with van der Waals surface area (Å²) in [4.78, 5) is 11.7. The van der Waals surface area contributed by atoms with E-state index in [1.165, 1.54) is 0 Å². The summed E-state index contributed by atoms with van der Waals surface area (Å²) in [6.45, 7) is 3.16. The second kappa shape index (κ2) is 9.76. The summed E-state index contributed by atoms with van der Waals surface area (Å²) in [6.07, 6.45) is 3.24. The number of hydrogen-bond donors (Lipinski definition) is 2. The molecule has 0 heterocycles. The normalized spacial score (nSPS) is 10.0. The summed E-state index contributed by atoms with van der Waals surface area (Å²) in [7, 11) is 4.72. The van der Waals surface area contributed by atoms with E-state index >= 15 is 0 Å². The van der Waals surface area contributed by atoms with Crippen LogP contribution in [-0.2, 0) is 6.54 Å². The molecular formula is C16H26N2O4. The third kappa shape index (κ3) is 5.35. The van der Waals surface area contributed by atoms with Crippen molar-refractivity contribution in [3.63, 3.8) is 0 Å². The second-order valence-corrected chi connectivity index (χ2v) is 4.84. The Kier molecular flexibility index (Phi) is 7.96. The minimum atomic E-state index is -0.187. The highest BCUT2D eigenvalue weighted by atomic mass is 16.5. The SMILES string of the molecule is CCCCCNC(=O)NCc1cc(OC)c(OC)cc1OC. The molecule has 0 bridgehead atoms. The van der Waals surface area contributed by atoms with E-state index in [2.05, 4.69) is 17.6 Å². The van der Waals surface area contributed by atoms with Gasteiger partial charge in [-0.1, -0.05) is 19.8 Å². The monoisotopic (exact) mass is 310 g/mol. The average molecular weight is 310 g/mol. The number of carbonyl (C=O) groups excluding carboxylic acids is 1. The fourth-order valence-corrected chi connectivity index (χ4v) is 2.05. The zero-order valence-electron chi connectivity index (χ0n) is 13.8. The van der Waals surface area contributed by atoms with Gasteiger partial charge in [-0.25, -0.2) is 4.79 Å². The summed E-state index contributed by atoms with van der Waals surface area (Å²) in [5.41, 5.74) is 0.823. The van der Waals surface area contributed by atoms with Crippen molar-refractivity contribution >= 4 is 6.03 Å². The van der Waals surface area contributed by atoms with Crippen LogP contribution in [0.15, 0.2) is 12.1 Å². The first-order valence-electron chi connectivity index (χ1n) is 7.46. The molecule has 0 aromatic heterocycles. The van der Waals surface area contributed by atoms with Crippen LogP contribution >= 0.6 is 0 Å². The van der Waals surface area contributed by atoms with Gasteiger partial charge in [-0.05, 0) is 12.5 Å². The van der Waals surface area contributed by atoms with Gasteiger partial charge in [-0.3, -0.25) is 0 Å². The Bertz CT molecular complexity index is 477. The molecular weight excluding hydrogens is 284 g/mol. The number of methoxy groups -OCH3 is 3. The molecule has 0 radical (unpaired) electrons. The predicted octanol–water partition coefficient (Wildman–Crippen LogP) is 2.70. The first kappa shape index (κ1) is 17.9. The van der Waals surface area contributed by atoms with E-state index in [1.807, 2.05) is 0 Å². The number of carbonyl (C=O) groups is 1. The van der Waals surface area contributed by atoms with E-state index < -0.39 is 0 Å². The predicted molar refractivity (Wildman–Crippen MR) is 85.9 cm³/mol. The van der Waals surface area contributed by atoms with Gasteiger partial charge in [0.2, 0.25) is 0 Å². The molecule has 0 spiro atoms. The topological polar surface area (TPSA) is 68.8 Å². The molecule has 0 saturated heterocycles. The number of nitrogens with one attached hydrogen (secondary N) is 2. The van der Waals surface area contributed by atoms with Crippen molar-refractivity contribution in [3.05, 3.63) is 17.7 Å². The lowest BCUT2D eigenvalue weighted by molar-refractivity contribution is 0.240. The second-order valence-electron chi connectivity index (χ2n) is 4.84. The molecule has 124 valence electrons. The summed E-state index contributed by atoms with van der Waals surface area (Å²) in [5, 5.41) is 5.64. The van der Waals surface area contributed by atoms with Gasteiger partial charge in [-0.2, -0.15) is 0 Å². The van der Waals surface area contributed by atoms with E-state index in [1.54, 1.807) is 33.5 Å². The maximum absolute atomic E-state index is 11.7. The summed E-state index contributed by atoms with van der Waals surface area (Å²) in [6, 6.07) is 3.36. The number of amides is 2. The quantitative estimate of drug-likeness (QED) is 0.688. The van der Waals surface area contributed by atoms with Gasteiger partial charge in [-0.15, -0.1) is 0 Å². The van der Waals surface area contributed by atoms with E-state index in [0.717, 1.165) is 24.8 Å². The highest BCUT2D eigenvalue weighted by Crippen LogP contribution is 2.34. The number of rotatable bonds is 9. The van der Waals surface area contributed by atoms with Crippen LogP contribution in [0.25, 0.3) is 0 Å². The Balaban J connectivity index is 2.62. The van der Waals surface area contributed by atoms with Crippen molar-refractivity contribution in [2.75, 3.05) is 27.9 Å². The number of unbranched alkanes of at least 4 members (excludes halogenated alkanes) is 2. The summed E-state index contributed by atoms with van der Waals surface area (Å²) >= 11 is 0. The van der Waals surface area contributed by atoms with Crippen LogP contribution in [-0.4, -0.2) is 33.9 Å². The fraction of sp³-hybridized carbons (Fsp3) is 0.562. The Morgan fingerprint density at radius 2 is 1.59 bits per heavy atom. The van der Waals surface area contributed by atoms with Gasteiger partial charge >= 0.3 is 6.03 Å². The third-order valence-corrected chi connectivity index (χ3v) is 3.29. The number of benzene rings is 1. The maximum atomic E-state index is 11.7. The van der Waals surface area contributed by atoms with Gasteiger partial charge in [0.25, 0.3) is 0 Å². The highest BCUT2D eigenvalue weighted by molar-refractivity contribution is 5.74. The molecule has 0 unspecified atom stereocenters. The molecule has 0 saturated carbocycles. The van der Waals surface area contributed by atoms with Crippen LogP contribution in [0.4, 0.5) is 4.79 Å². The third-order valence-electron chi connectivity index (χ3n) is 3.29. The maximum Gasteiger partial charge on any atom is 0.315 e. The molecule has 6 heteroatoms. The fourth-order valence-electron chi connectivity index (χ4n) is 2.05. The van der Waals surface area contributed by atoms with Crippen LogP contribution in [0.5, 0.6) is 17.2 Å². The molecule has 1 aromatic rings.